The van der Waals surface area contributed by atoms with Gasteiger partial charge in [0.2, 0.25) is 15.9 Å². The molecule has 0 spiro atoms. The number of nitrogens with zero attached hydrogens (tertiary/aromatic N) is 2. The Kier molecular flexibility index (Phi) is 6.75. The first-order chi connectivity index (χ1) is 11.8. The molecule has 1 aromatic carbocycles. The standard InChI is InChI=1S/C18H27N3O3S/c1-4-9-19-18(22)14-20-10-12-21(13-11-20)25(23,24)17-7-5-16(6-8-17)15(2)3/h4-8,15H,1,9-14H2,2-3H3,(H,19,22). The SMILES string of the molecule is C=CCNC(=O)CN1CCN(S(=O)(=O)c2ccc(C(C)C)cc2)CC1. The summed E-state index contributed by atoms with van der Waals surface area (Å²) in [6.45, 7) is 10.3. The summed E-state index contributed by atoms with van der Waals surface area (Å²) in [5, 5.41) is 2.73. The van der Waals surface area contributed by atoms with Gasteiger partial charge < -0.3 is 5.32 Å². The quantitative estimate of drug-likeness (QED) is 0.742. The molecular formula is C18H27N3O3S. The molecule has 0 saturated carbocycles. The van der Waals surface area contributed by atoms with Crippen molar-refractivity contribution in [1.82, 2.24) is 14.5 Å². The third kappa shape index (κ3) is 5.14. The average molecular weight is 365 g/mol. The van der Waals surface area contributed by atoms with Crippen molar-refractivity contribution in [2.75, 3.05) is 39.3 Å². The van der Waals surface area contributed by atoms with Crippen LogP contribution in [0, 0.1) is 0 Å². The number of benzene rings is 1. The zero-order valence-corrected chi connectivity index (χ0v) is 15.8. The van der Waals surface area contributed by atoms with Crippen LogP contribution in [-0.4, -0.2) is 62.8 Å². The summed E-state index contributed by atoms with van der Waals surface area (Å²) in [6.07, 6.45) is 1.63. The third-order valence-electron chi connectivity index (χ3n) is 4.33. The highest BCUT2D eigenvalue weighted by Crippen LogP contribution is 2.21. The number of sulfonamides is 1. The summed E-state index contributed by atoms with van der Waals surface area (Å²) < 4.78 is 27.0. The van der Waals surface area contributed by atoms with Gasteiger partial charge in [-0.3, -0.25) is 9.69 Å². The Morgan fingerprint density at radius 2 is 1.80 bits per heavy atom. The molecule has 7 heteroatoms. The number of amides is 1. The van der Waals surface area contributed by atoms with E-state index in [2.05, 4.69) is 25.7 Å². The lowest BCUT2D eigenvalue weighted by molar-refractivity contribution is -0.122. The first-order valence-electron chi connectivity index (χ1n) is 8.54. The Morgan fingerprint density at radius 1 is 1.20 bits per heavy atom. The van der Waals surface area contributed by atoms with E-state index in [4.69, 9.17) is 0 Å². The van der Waals surface area contributed by atoms with Gasteiger partial charge in [0.15, 0.2) is 0 Å². The number of carbonyl (C=O) groups is 1. The van der Waals surface area contributed by atoms with Crippen molar-refractivity contribution in [3.63, 3.8) is 0 Å². The van der Waals surface area contributed by atoms with Gasteiger partial charge in [-0.2, -0.15) is 4.31 Å². The highest BCUT2D eigenvalue weighted by Gasteiger charge is 2.29. The molecule has 0 atom stereocenters. The number of hydrogen-bond acceptors (Lipinski definition) is 4. The van der Waals surface area contributed by atoms with Crippen LogP contribution in [0.2, 0.25) is 0 Å². The van der Waals surface area contributed by atoms with Crippen molar-refractivity contribution in [1.29, 1.82) is 0 Å². The van der Waals surface area contributed by atoms with Crippen LogP contribution < -0.4 is 5.32 Å². The van der Waals surface area contributed by atoms with Gasteiger partial charge in [0, 0.05) is 32.7 Å². The van der Waals surface area contributed by atoms with Gasteiger partial charge >= 0.3 is 0 Å². The van der Waals surface area contributed by atoms with E-state index >= 15 is 0 Å². The van der Waals surface area contributed by atoms with E-state index in [1.165, 1.54) is 4.31 Å². The molecule has 1 aromatic rings. The smallest absolute Gasteiger partial charge is 0.243 e. The van der Waals surface area contributed by atoms with E-state index in [0.29, 0.717) is 43.5 Å². The van der Waals surface area contributed by atoms with Crippen LogP contribution in [0.3, 0.4) is 0 Å². The van der Waals surface area contributed by atoms with Crippen LogP contribution in [-0.2, 0) is 14.8 Å². The summed E-state index contributed by atoms with van der Waals surface area (Å²) in [7, 11) is -3.48. The van der Waals surface area contributed by atoms with E-state index < -0.39 is 10.0 Å². The zero-order valence-electron chi connectivity index (χ0n) is 14.9. The molecule has 0 unspecified atom stereocenters. The van der Waals surface area contributed by atoms with Crippen molar-refractivity contribution >= 4 is 15.9 Å². The van der Waals surface area contributed by atoms with Gasteiger partial charge in [0.1, 0.15) is 0 Å². The van der Waals surface area contributed by atoms with Crippen molar-refractivity contribution in [2.45, 2.75) is 24.7 Å². The fraction of sp³-hybridized carbons (Fsp3) is 0.500. The second kappa shape index (κ2) is 8.60. The van der Waals surface area contributed by atoms with Gasteiger partial charge in [0.05, 0.1) is 11.4 Å². The Labute approximate surface area is 150 Å². The Balaban J connectivity index is 1.94. The summed E-state index contributed by atoms with van der Waals surface area (Å²) in [6, 6.07) is 7.11. The number of carbonyl (C=O) groups excluding carboxylic acids is 1. The molecule has 2 rings (SSSR count). The van der Waals surface area contributed by atoms with Crippen LogP contribution in [0.25, 0.3) is 0 Å². The summed E-state index contributed by atoms with van der Waals surface area (Å²) in [5.74, 6) is 0.299. The van der Waals surface area contributed by atoms with Crippen molar-refractivity contribution < 1.29 is 13.2 Å². The minimum atomic E-state index is -3.48. The zero-order chi connectivity index (χ0) is 18.4. The van der Waals surface area contributed by atoms with Gasteiger partial charge in [-0.25, -0.2) is 8.42 Å². The molecule has 1 fully saturated rings. The van der Waals surface area contributed by atoms with Gasteiger partial charge in [-0.05, 0) is 23.6 Å². The molecule has 1 aliphatic rings. The molecule has 1 heterocycles. The first-order valence-corrected chi connectivity index (χ1v) is 9.98. The molecule has 1 aliphatic heterocycles. The highest BCUT2D eigenvalue weighted by atomic mass is 32.2. The number of rotatable bonds is 7. The van der Waals surface area contributed by atoms with Crippen molar-refractivity contribution in [2.24, 2.45) is 0 Å². The second-order valence-electron chi connectivity index (χ2n) is 6.50. The molecule has 1 N–H and O–H groups in total. The van der Waals surface area contributed by atoms with Crippen LogP contribution in [0.4, 0.5) is 0 Å². The highest BCUT2D eigenvalue weighted by molar-refractivity contribution is 7.89. The van der Waals surface area contributed by atoms with Gasteiger partial charge in [-0.15, -0.1) is 6.58 Å². The minimum Gasteiger partial charge on any atom is -0.352 e. The fourth-order valence-electron chi connectivity index (χ4n) is 2.75. The minimum absolute atomic E-state index is 0.0690. The maximum absolute atomic E-state index is 12.8. The predicted molar refractivity (Wildman–Crippen MR) is 98.9 cm³/mol. The fourth-order valence-corrected chi connectivity index (χ4v) is 4.17. The molecule has 6 nitrogen and oxygen atoms in total. The first kappa shape index (κ1) is 19.6. The van der Waals surface area contributed by atoms with E-state index in [1.807, 2.05) is 17.0 Å². The normalized spacial score (nSPS) is 16.8. The molecule has 0 aliphatic carbocycles. The molecular weight excluding hydrogens is 338 g/mol. The number of hydrogen-bond donors (Lipinski definition) is 1. The summed E-state index contributed by atoms with van der Waals surface area (Å²) >= 11 is 0. The second-order valence-corrected chi connectivity index (χ2v) is 8.43. The third-order valence-corrected chi connectivity index (χ3v) is 6.24. The lowest BCUT2D eigenvalue weighted by Crippen LogP contribution is -2.51. The van der Waals surface area contributed by atoms with Crippen LogP contribution in [0.1, 0.15) is 25.3 Å². The largest absolute Gasteiger partial charge is 0.352 e. The lowest BCUT2D eigenvalue weighted by Gasteiger charge is -2.33. The molecule has 0 radical (unpaired) electrons. The van der Waals surface area contributed by atoms with Gasteiger partial charge in [-0.1, -0.05) is 32.1 Å². The average Bonchev–Trinajstić information content (AvgIpc) is 2.60. The van der Waals surface area contributed by atoms with Crippen LogP contribution in [0.15, 0.2) is 41.8 Å². The molecule has 0 aromatic heterocycles. The number of piperazine rings is 1. The maximum Gasteiger partial charge on any atom is 0.243 e. The van der Waals surface area contributed by atoms with E-state index in [1.54, 1.807) is 18.2 Å². The summed E-state index contributed by atoms with van der Waals surface area (Å²) in [5.41, 5.74) is 1.12. The maximum atomic E-state index is 12.8. The topological polar surface area (TPSA) is 69.7 Å². The summed E-state index contributed by atoms with van der Waals surface area (Å²) in [4.78, 5) is 14.0. The van der Waals surface area contributed by atoms with Gasteiger partial charge in [0.25, 0.3) is 0 Å². The van der Waals surface area contributed by atoms with E-state index in [0.717, 1.165) is 5.56 Å². The Bertz CT molecular complexity index is 691. The van der Waals surface area contributed by atoms with Crippen LogP contribution in [0.5, 0.6) is 0 Å². The Hall–Kier alpha value is -1.70. The van der Waals surface area contributed by atoms with Crippen molar-refractivity contribution in [3.05, 3.63) is 42.5 Å². The predicted octanol–water partition coefficient (Wildman–Crippen LogP) is 1.42. The van der Waals surface area contributed by atoms with Crippen LogP contribution >= 0.6 is 0 Å². The Morgan fingerprint density at radius 3 is 2.32 bits per heavy atom. The lowest BCUT2D eigenvalue weighted by atomic mass is 10.0. The molecule has 0 bridgehead atoms. The van der Waals surface area contributed by atoms with E-state index in [-0.39, 0.29) is 12.5 Å². The number of nitrogens with one attached hydrogen (secondary N) is 1. The molecule has 25 heavy (non-hydrogen) atoms. The van der Waals surface area contributed by atoms with E-state index in [9.17, 15) is 13.2 Å². The molecule has 1 amide bonds. The molecule has 1 saturated heterocycles. The molecule has 138 valence electrons. The monoisotopic (exact) mass is 365 g/mol. The van der Waals surface area contributed by atoms with Crippen molar-refractivity contribution in [3.8, 4) is 0 Å².